The lowest BCUT2D eigenvalue weighted by Crippen LogP contribution is -2.03. The molecule has 0 aliphatic rings. The molecule has 1 heterocycles. The van der Waals surface area contributed by atoms with Crippen molar-refractivity contribution in [3.63, 3.8) is 0 Å². The van der Waals surface area contributed by atoms with Gasteiger partial charge in [0.25, 0.3) is 10.1 Å². The normalized spacial score (nSPS) is 11.1. The molecule has 1 aromatic heterocycles. The van der Waals surface area contributed by atoms with Crippen molar-refractivity contribution in [1.29, 1.82) is 0 Å². The highest BCUT2D eigenvalue weighted by atomic mass is 32.2. The minimum absolute atomic E-state index is 0.00560. The largest absolute Gasteiger partial charge is 0.286 e. The average molecular weight is 351 g/mol. The van der Waals surface area contributed by atoms with Crippen LogP contribution < -0.4 is 0 Å². The van der Waals surface area contributed by atoms with Gasteiger partial charge in [-0.25, -0.2) is 8.78 Å². The van der Waals surface area contributed by atoms with Crippen molar-refractivity contribution < 1.29 is 21.8 Å². The summed E-state index contributed by atoms with van der Waals surface area (Å²) in [7, 11) is -3.81. The van der Waals surface area contributed by atoms with Crippen LogP contribution in [0.4, 0.5) is 8.78 Å². The van der Waals surface area contributed by atoms with Gasteiger partial charge in [0.05, 0.1) is 5.75 Å². The SMILES string of the molecule is O=S(=O)(O)CCCCCCCCCCC(F)F.c1ccncc1. The van der Waals surface area contributed by atoms with Crippen LogP contribution in [-0.4, -0.2) is 30.1 Å². The van der Waals surface area contributed by atoms with Crippen LogP contribution in [0, 0.1) is 0 Å². The van der Waals surface area contributed by atoms with Crippen molar-refractivity contribution in [2.45, 2.75) is 64.2 Å². The number of unbranched alkanes of at least 4 members (excludes halogenated alkanes) is 7. The molecule has 0 spiro atoms. The Bertz CT molecular complexity index is 429. The fourth-order valence-electron chi connectivity index (χ4n) is 1.96. The minimum atomic E-state index is -3.81. The van der Waals surface area contributed by atoms with E-state index in [1.54, 1.807) is 12.4 Å². The molecule has 4 nitrogen and oxygen atoms in total. The van der Waals surface area contributed by atoms with Crippen LogP contribution in [0.25, 0.3) is 0 Å². The molecule has 1 N–H and O–H groups in total. The van der Waals surface area contributed by atoms with Crippen LogP contribution in [0.1, 0.15) is 57.8 Å². The third kappa shape index (κ3) is 20.9. The summed E-state index contributed by atoms with van der Waals surface area (Å²) in [5.74, 6) is -0.165. The van der Waals surface area contributed by atoms with E-state index in [2.05, 4.69) is 4.98 Å². The third-order valence-electron chi connectivity index (χ3n) is 3.14. The zero-order chi connectivity index (χ0) is 17.4. The van der Waals surface area contributed by atoms with Gasteiger partial charge in [0, 0.05) is 18.8 Å². The second kappa shape index (κ2) is 14.5. The van der Waals surface area contributed by atoms with E-state index in [0.29, 0.717) is 12.8 Å². The highest BCUT2D eigenvalue weighted by Gasteiger charge is 2.03. The lowest BCUT2D eigenvalue weighted by atomic mass is 10.1. The molecule has 1 rings (SSSR count). The van der Waals surface area contributed by atoms with Gasteiger partial charge in [0.1, 0.15) is 0 Å². The lowest BCUT2D eigenvalue weighted by molar-refractivity contribution is 0.133. The number of rotatable bonds is 11. The molecule has 0 saturated carbocycles. The van der Waals surface area contributed by atoms with Crippen molar-refractivity contribution in [2.24, 2.45) is 0 Å². The van der Waals surface area contributed by atoms with Crippen molar-refractivity contribution >= 4 is 10.1 Å². The highest BCUT2D eigenvalue weighted by molar-refractivity contribution is 7.85. The monoisotopic (exact) mass is 351 g/mol. The maximum Gasteiger partial charge on any atom is 0.264 e. The van der Waals surface area contributed by atoms with Gasteiger partial charge in [-0.2, -0.15) is 8.42 Å². The molecular formula is C16H27F2NO3S. The maximum atomic E-state index is 11.8. The summed E-state index contributed by atoms with van der Waals surface area (Å²) in [5, 5.41) is 0. The molecule has 0 aliphatic heterocycles. The first kappa shape index (κ1) is 21.9. The zero-order valence-electron chi connectivity index (χ0n) is 13.4. The highest BCUT2D eigenvalue weighted by Crippen LogP contribution is 2.12. The van der Waals surface area contributed by atoms with Crippen LogP contribution in [0.5, 0.6) is 0 Å². The van der Waals surface area contributed by atoms with E-state index >= 15 is 0 Å². The summed E-state index contributed by atoms with van der Waals surface area (Å²) in [6, 6.07) is 5.72. The van der Waals surface area contributed by atoms with E-state index in [1.165, 1.54) is 0 Å². The number of pyridine rings is 1. The summed E-state index contributed by atoms with van der Waals surface area (Å²) in [4.78, 5) is 3.78. The quantitative estimate of drug-likeness (QED) is 0.462. The molecule has 134 valence electrons. The first-order chi connectivity index (χ1) is 10.9. The lowest BCUT2D eigenvalue weighted by Gasteiger charge is -2.02. The smallest absolute Gasteiger partial charge is 0.264 e. The Morgan fingerprint density at radius 1 is 0.826 bits per heavy atom. The summed E-state index contributed by atoms with van der Waals surface area (Å²) >= 11 is 0. The molecule has 0 radical (unpaired) electrons. The Kier molecular flexibility index (Phi) is 13.8. The van der Waals surface area contributed by atoms with Crippen molar-refractivity contribution in [3.05, 3.63) is 30.6 Å². The average Bonchev–Trinajstić information content (AvgIpc) is 2.50. The molecule has 7 heteroatoms. The van der Waals surface area contributed by atoms with Crippen molar-refractivity contribution in [3.8, 4) is 0 Å². The topological polar surface area (TPSA) is 67.3 Å². The van der Waals surface area contributed by atoms with E-state index in [1.807, 2.05) is 18.2 Å². The summed E-state index contributed by atoms with van der Waals surface area (Å²) in [5.41, 5.74) is 0. The Morgan fingerprint density at radius 3 is 1.65 bits per heavy atom. The number of halogens is 2. The minimum Gasteiger partial charge on any atom is -0.286 e. The van der Waals surface area contributed by atoms with Crippen LogP contribution in [-0.2, 0) is 10.1 Å². The molecule has 0 amide bonds. The van der Waals surface area contributed by atoms with Gasteiger partial charge in [-0.15, -0.1) is 0 Å². The number of hydrogen-bond donors (Lipinski definition) is 1. The van der Waals surface area contributed by atoms with Gasteiger partial charge >= 0.3 is 0 Å². The van der Waals surface area contributed by atoms with Crippen molar-refractivity contribution in [1.82, 2.24) is 4.98 Å². The van der Waals surface area contributed by atoms with Gasteiger partial charge in [0.2, 0.25) is 6.43 Å². The van der Waals surface area contributed by atoms with E-state index < -0.39 is 16.5 Å². The predicted octanol–water partition coefficient (Wildman–Crippen LogP) is 4.73. The molecule has 0 atom stereocenters. The van der Waals surface area contributed by atoms with Gasteiger partial charge in [-0.1, -0.05) is 44.6 Å². The molecule has 0 saturated heterocycles. The zero-order valence-corrected chi connectivity index (χ0v) is 14.2. The Labute approximate surface area is 138 Å². The Balaban J connectivity index is 0.000000664. The van der Waals surface area contributed by atoms with Crippen LogP contribution >= 0.6 is 0 Å². The first-order valence-electron chi connectivity index (χ1n) is 8.00. The molecule has 1 aromatic rings. The Hall–Kier alpha value is -1.08. The van der Waals surface area contributed by atoms with E-state index in [9.17, 15) is 17.2 Å². The number of hydrogen-bond acceptors (Lipinski definition) is 3. The van der Waals surface area contributed by atoms with E-state index in [4.69, 9.17) is 4.55 Å². The van der Waals surface area contributed by atoms with Crippen molar-refractivity contribution in [2.75, 3.05) is 5.75 Å². The maximum absolute atomic E-state index is 11.8. The first-order valence-corrected chi connectivity index (χ1v) is 9.61. The van der Waals surface area contributed by atoms with Gasteiger partial charge in [-0.05, 0) is 25.0 Å². The molecule has 23 heavy (non-hydrogen) atoms. The summed E-state index contributed by atoms with van der Waals surface area (Å²) in [6.45, 7) is 0. The van der Waals surface area contributed by atoms with Crippen LogP contribution in [0.2, 0.25) is 0 Å². The standard InChI is InChI=1S/C11H22F2O3S.C5H5N/c12-11(13)9-7-5-3-1-2-4-6-8-10-17(14,15)16;1-2-4-6-5-3-1/h11H,1-10H2,(H,14,15,16);1-5H. The summed E-state index contributed by atoms with van der Waals surface area (Å²) in [6.07, 6.45) is 7.92. The Morgan fingerprint density at radius 2 is 1.30 bits per heavy atom. The second-order valence-electron chi connectivity index (χ2n) is 5.32. The fourth-order valence-corrected chi connectivity index (χ4v) is 2.53. The molecular weight excluding hydrogens is 324 g/mol. The molecule has 0 bridgehead atoms. The number of nitrogens with zero attached hydrogens (tertiary/aromatic N) is 1. The second-order valence-corrected chi connectivity index (χ2v) is 6.89. The molecule has 0 unspecified atom stereocenters. The number of alkyl halides is 2. The predicted molar refractivity (Wildman–Crippen MR) is 88.2 cm³/mol. The van der Waals surface area contributed by atoms with Crippen LogP contribution in [0.15, 0.2) is 30.6 Å². The molecule has 0 aliphatic carbocycles. The van der Waals surface area contributed by atoms with Gasteiger partial charge in [-0.3, -0.25) is 9.54 Å². The summed E-state index contributed by atoms with van der Waals surface area (Å²) < 4.78 is 52.8. The fraction of sp³-hybridized carbons (Fsp3) is 0.688. The van der Waals surface area contributed by atoms with E-state index in [-0.39, 0.29) is 12.2 Å². The van der Waals surface area contributed by atoms with Gasteiger partial charge < -0.3 is 0 Å². The van der Waals surface area contributed by atoms with E-state index in [0.717, 1.165) is 38.5 Å². The molecule has 0 aromatic carbocycles. The van der Waals surface area contributed by atoms with Gasteiger partial charge in [0.15, 0.2) is 0 Å². The molecule has 0 fully saturated rings. The van der Waals surface area contributed by atoms with Crippen LogP contribution in [0.3, 0.4) is 0 Å². The number of aromatic nitrogens is 1. The third-order valence-corrected chi connectivity index (χ3v) is 3.95.